The van der Waals surface area contributed by atoms with Crippen LogP contribution in [0, 0.1) is 5.92 Å². The van der Waals surface area contributed by atoms with Crippen molar-refractivity contribution < 1.29 is 19.5 Å². The molecule has 0 saturated carbocycles. The van der Waals surface area contributed by atoms with Crippen molar-refractivity contribution in [3.05, 3.63) is 71.8 Å². The van der Waals surface area contributed by atoms with Crippen LogP contribution in [0.5, 0.6) is 0 Å². The first-order chi connectivity index (χ1) is 16.0. The second-order valence-electron chi connectivity index (χ2n) is 8.61. The fourth-order valence-electron chi connectivity index (χ4n) is 4.14. The molecule has 0 spiro atoms. The normalized spacial score (nSPS) is 15.5. The van der Waals surface area contributed by atoms with Crippen LogP contribution in [-0.2, 0) is 16.1 Å². The monoisotopic (exact) mass is 451 g/mol. The summed E-state index contributed by atoms with van der Waals surface area (Å²) in [6.45, 7) is 3.70. The number of hydrogen-bond acceptors (Lipinski definition) is 4. The molecule has 33 heavy (non-hydrogen) atoms. The number of carboxylic acid groups (broad SMARTS) is 1. The molecule has 0 radical (unpaired) electrons. The fraction of sp³-hybridized carbons (Fsp3) is 0.423. The van der Waals surface area contributed by atoms with Gasteiger partial charge in [-0.1, -0.05) is 48.5 Å². The first kappa shape index (κ1) is 24.5. The van der Waals surface area contributed by atoms with E-state index in [1.165, 1.54) is 5.56 Å². The summed E-state index contributed by atoms with van der Waals surface area (Å²) in [5, 5.41) is 14.8. The number of carbonyl (C=O) groups is 3. The van der Waals surface area contributed by atoms with E-state index in [1.807, 2.05) is 6.07 Å². The number of nitrogens with one attached hydrogen (secondary N) is 2. The van der Waals surface area contributed by atoms with Gasteiger partial charge in [0.05, 0.1) is 0 Å². The van der Waals surface area contributed by atoms with Gasteiger partial charge < -0.3 is 15.7 Å². The molecule has 3 N–H and O–H groups in total. The summed E-state index contributed by atoms with van der Waals surface area (Å²) >= 11 is 0. The summed E-state index contributed by atoms with van der Waals surface area (Å²) in [5.74, 6) is -1.19. The lowest BCUT2D eigenvalue weighted by molar-refractivity contribution is -0.139. The van der Waals surface area contributed by atoms with E-state index in [-0.39, 0.29) is 18.7 Å². The van der Waals surface area contributed by atoms with Crippen molar-refractivity contribution in [3.8, 4) is 0 Å². The standard InChI is InChI=1S/C26H33N3O4/c30-24(12-11-23(26(32)33)28-25(31)22-9-5-2-6-10-22)27-16-13-20-14-17-29(18-15-20)19-21-7-3-1-4-8-21/h1-10,20,23H,11-19H2,(H,27,30)(H,28,31)(H,32,33). The van der Waals surface area contributed by atoms with E-state index in [2.05, 4.69) is 39.8 Å². The van der Waals surface area contributed by atoms with Crippen molar-refractivity contribution in [1.29, 1.82) is 0 Å². The van der Waals surface area contributed by atoms with Crippen molar-refractivity contribution in [2.75, 3.05) is 19.6 Å². The Kier molecular flexibility index (Phi) is 9.44. The molecule has 176 valence electrons. The smallest absolute Gasteiger partial charge is 0.326 e. The van der Waals surface area contributed by atoms with Gasteiger partial charge in [-0.25, -0.2) is 4.79 Å². The van der Waals surface area contributed by atoms with Gasteiger partial charge in [0.1, 0.15) is 6.04 Å². The number of amides is 2. The van der Waals surface area contributed by atoms with Gasteiger partial charge in [-0.15, -0.1) is 0 Å². The molecule has 7 nitrogen and oxygen atoms in total. The summed E-state index contributed by atoms with van der Waals surface area (Å²) in [5.41, 5.74) is 1.73. The zero-order valence-electron chi connectivity index (χ0n) is 18.9. The van der Waals surface area contributed by atoms with Gasteiger partial charge in [0.15, 0.2) is 0 Å². The van der Waals surface area contributed by atoms with E-state index in [9.17, 15) is 19.5 Å². The number of likely N-dealkylation sites (tertiary alicyclic amines) is 1. The van der Waals surface area contributed by atoms with E-state index in [0.29, 0.717) is 18.0 Å². The Morgan fingerprint density at radius 3 is 2.24 bits per heavy atom. The fourth-order valence-corrected chi connectivity index (χ4v) is 4.14. The van der Waals surface area contributed by atoms with Crippen LogP contribution in [0.4, 0.5) is 0 Å². The third kappa shape index (κ3) is 8.35. The van der Waals surface area contributed by atoms with E-state index in [0.717, 1.165) is 38.9 Å². The Balaban J connectivity index is 1.31. The first-order valence-electron chi connectivity index (χ1n) is 11.6. The Bertz CT molecular complexity index is 896. The second kappa shape index (κ2) is 12.7. The average Bonchev–Trinajstić information content (AvgIpc) is 2.83. The minimum atomic E-state index is -1.14. The van der Waals surface area contributed by atoms with Crippen molar-refractivity contribution in [1.82, 2.24) is 15.5 Å². The molecule has 1 atom stereocenters. The summed E-state index contributed by atoms with van der Waals surface area (Å²) in [4.78, 5) is 38.4. The predicted molar refractivity (Wildman–Crippen MR) is 127 cm³/mol. The maximum atomic E-state index is 12.2. The SMILES string of the molecule is O=C(CCC(NC(=O)c1ccccc1)C(=O)O)NCCC1CCN(Cc2ccccc2)CC1. The molecule has 1 aliphatic heterocycles. The molecule has 1 aliphatic rings. The molecule has 2 aromatic carbocycles. The van der Waals surface area contributed by atoms with E-state index in [4.69, 9.17) is 0 Å². The topological polar surface area (TPSA) is 98.7 Å². The highest BCUT2D eigenvalue weighted by Crippen LogP contribution is 2.21. The van der Waals surface area contributed by atoms with Gasteiger partial charge >= 0.3 is 5.97 Å². The van der Waals surface area contributed by atoms with E-state index >= 15 is 0 Å². The highest BCUT2D eigenvalue weighted by Gasteiger charge is 2.22. The van der Waals surface area contributed by atoms with Gasteiger partial charge in [-0.05, 0) is 62.4 Å². The largest absolute Gasteiger partial charge is 0.480 e. The van der Waals surface area contributed by atoms with Crippen LogP contribution in [0.2, 0.25) is 0 Å². The number of aliphatic carboxylic acids is 1. The lowest BCUT2D eigenvalue weighted by Crippen LogP contribution is -2.41. The van der Waals surface area contributed by atoms with E-state index in [1.54, 1.807) is 30.3 Å². The predicted octanol–water partition coefficient (Wildman–Crippen LogP) is 3.07. The Labute approximate surface area is 195 Å². The molecular weight excluding hydrogens is 418 g/mol. The third-order valence-corrected chi connectivity index (χ3v) is 6.13. The molecule has 1 heterocycles. The zero-order chi connectivity index (χ0) is 23.5. The molecule has 0 bridgehead atoms. The van der Waals surface area contributed by atoms with Crippen LogP contribution in [0.25, 0.3) is 0 Å². The van der Waals surface area contributed by atoms with Gasteiger partial charge in [-0.2, -0.15) is 0 Å². The Morgan fingerprint density at radius 1 is 0.970 bits per heavy atom. The molecule has 1 fully saturated rings. The van der Waals surface area contributed by atoms with Crippen molar-refractivity contribution in [3.63, 3.8) is 0 Å². The second-order valence-corrected chi connectivity index (χ2v) is 8.61. The quantitative estimate of drug-likeness (QED) is 0.488. The lowest BCUT2D eigenvalue weighted by Gasteiger charge is -2.32. The zero-order valence-corrected chi connectivity index (χ0v) is 18.9. The maximum Gasteiger partial charge on any atom is 0.326 e. The van der Waals surface area contributed by atoms with Crippen LogP contribution in [-0.4, -0.2) is 53.5 Å². The number of carbonyl (C=O) groups excluding carboxylic acids is 2. The molecule has 0 aliphatic carbocycles. The lowest BCUT2D eigenvalue weighted by atomic mass is 9.93. The number of piperidine rings is 1. The first-order valence-corrected chi connectivity index (χ1v) is 11.6. The van der Waals surface area contributed by atoms with Crippen LogP contribution in [0.3, 0.4) is 0 Å². The van der Waals surface area contributed by atoms with Crippen LogP contribution in [0.15, 0.2) is 60.7 Å². The van der Waals surface area contributed by atoms with Gasteiger partial charge in [0, 0.05) is 25.1 Å². The number of hydrogen-bond donors (Lipinski definition) is 3. The summed E-state index contributed by atoms with van der Waals surface area (Å²) < 4.78 is 0. The number of benzene rings is 2. The van der Waals surface area contributed by atoms with Crippen LogP contribution in [0.1, 0.15) is 48.0 Å². The van der Waals surface area contributed by atoms with Crippen LogP contribution < -0.4 is 10.6 Å². The average molecular weight is 452 g/mol. The van der Waals surface area contributed by atoms with Gasteiger partial charge in [-0.3, -0.25) is 14.5 Å². The molecule has 3 rings (SSSR count). The van der Waals surface area contributed by atoms with Crippen molar-refractivity contribution in [2.45, 2.75) is 44.7 Å². The summed E-state index contributed by atoms with van der Waals surface area (Å²) in [6, 6.07) is 17.8. The molecule has 0 aromatic heterocycles. The third-order valence-electron chi connectivity index (χ3n) is 6.13. The Morgan fingerprint density at radius 2 is 1.61 bits per heavy atom. The summed E-state index contributed by atoms with van der Waals surface area (Å²) in [6.07, 6.45) is 3.28. The number of nitrogens with zero attached hydrogens (tertiary/aromatic N) is 1. The minimum Gasteiger partial charge on any atom is -0.480 e. The number of rotatable bonds is 11. The van der Waals surface area contributed by atoms with Gasteiger partial charge in [0.25, 0.3) is 5.91 Å². The van der Waals surface area contributed by atoms with Crippen molar-refractivity contribution in [2.24, 2.45) is 5.92 Å². The molecule has 2 amide bonds. The molecule has 1 saturated heterocycles. The van der Waals surface area contributed by atoms with E-state index < -0.39 is 17.9 Å². The van der Waals surface area contributed by atoms with Gasteiger partial charge in [0.2, 0.25) is 5.91 Å². The number of carboxylic acids is 1. The molecule has 1 unspecified atom stereocenters. The molecule has 7 heteroatoms. The van der Waals surface area contributed by atoms with Crippen molar-refractivity contribution >= 4 is 17.8 Å². The highest BCUT2D eigenvalue weighted by atomic mass is 16.4. The minimum absolute atomic E-state index is 0.0532. The van der Waals surface area contributed by atoms with Crippen LogP contribution >= 0.6 is 0 Å². The molecule has 2 aromatic rings. The molecular formula is C26H33N3O4. The summed E-state index contributed by atoms with van der Waals surface area (Å²) in [7, 11) is 0. The Hall–Kier alpha value is -3.19. The maximum absolute atomic E-state index is 12.2. The highest BCUT2D eigenvalue weighted by molar-refractivity contribution is 5.96.